The summed E-state index contributed by atoms with van der Waals surface area (Å²) in [6, 6.07) is 18.7. The Labute approximate surface area is 186 Å². The molecule has 0 aliphatic carbocycles. The number of aromatic hydroxyl groups is 2. The number of carbonyl (C=O) groups is 1. The maximum atomic E-state index is 13.4. The average Bonchev–Trinajstić information content (AvgIpc) is 3.09. The quantitative estimate of drug-likeness (QED) is 0.374. The average molecular weight is 453 g/mol. The second kappa shape index (κ2) is 8.38. The summed E-state index contributed by atoms with van der Waals surface area (Å²) in [5, 5.41) is 21.5. The molecule has 0 saturated carbocycles. The molecule has 8 heteroatoms. The number of benzene rings is 3. The maximum Gasteiger partial charge on any atom is 0.416 e. The number of aromatic nitrogens is 1. The van der Waals surface area contributed by atoms with Gasteiger partial charge in [0.05, 0.1) is 23.9 Å². The second-order valence-electron chi connectivity index (χ2n) is 7.20. The van der Waals surface area contributed by atoms with Crippen LogP contribution in [0.15, 0.2) is 78.9 Å². The van der Waals surface area contributed by atoms with Crippen LogP contribution in [-0.4, -0.2) is 27.7 Å². The van der Waals surface area contributed by atoms with Gasteiger partial charge in [0.1, 0.15) is 5.75 Å². The first kappa shape index (κ1) is 22.0. The molecular weight excluding hydrogens is 435 g/mol. The van der Waals surface area contributed by atoms with Crippen molar-refractivity contribution < 1.29 is 32.9 Å². The third-order valence-corrected chi connectivity index (χ3v) is 5.18. The normalized spacial score (nSPS) is 11.4. The lowest BCUT2D eigenvalue weighted by Crippen LogP contribution is -2.07. The van der Waals surface area contributed by atoms with E-state index in [-0.39, 0.29) is 22.5 Å². The zero-order chi connectivity index (χ0) is 23.8. The lowest BCUT2D eigenvalue weighted by molar-refractivity contribution is -0.137. The minimum atomic E-state index is -4.62. The summed E-state index contributed by atoms with van der Waals surface area (Å²) in [6.45, 7) is 0. The molecule has 0 spiro atoms. The monoisotopic (exact) mass is 453 g/mol. The molecule has 4 aromatic rings. The third-order valence-electron chi connectivity index (χ3n) is 5.18. The van der Waals surface area contributed by atoms with Crippen molar-refractivity contribution in [3.8, 4) is 34.3 Å². The highest BCUT2D eigenvalue weighted by Crippen LogP contribution is 2.44. The van der Waals surface area contributed by atoms with Crippen LogP contribution in [0.4, 0.5) is 13.2 Å². The first-order chi connectivity index (χ1) is 15.7. The lowest BCUT2D eigenvalue weighted by Gasteiger charge is -2.14. The minimum Gasteiger partial charge on any atom is -0.503 e. The number of rotatable bonds is 5. The summed E-state index contributed by atoms with van der Waals surface area (Å²) < 4.78 is 46.1. The van der Waals surface area contributed by atoms with Crippen LogP contribution in [-0.2, 0) is 6.18 Å². The van der Waals surface area contributed by atoms with Gasteiger partial charge >= 0.3 is 6.18 Å². The molecule has 1 aromatic heterocycles. The Hall–Kier alpha value is -4.20. The summed E-state index contributed by atoms with van der Waals surface area (Å²) in [5.74, 6) is -1.57. The summed E-state index contributed by atoms with van der Waals surface area (Å²) in [4.78, 5) is 13.4. The van der Waals surface area contributed by atoms with Gasteiger partial charge in [0.15, 0.2) is 11.5 Å². The first-order valence-corrected chi connectivity index (χ1v) is 9.80. The smallest absolute Gasteiger partial charge is 0.416 e. The van der Waals surface area contributed by atoms with E-state index in [4.69, 9.17) is 4.74 Å². The molecule has 5 nitrogen and oxygen atoms in total. The fourth-order valence-corrected chi connectivity index (χ4v) is 3.59. The fraction of sp³-hybridized carbons (Fsp3) is 0.0800. The second-order valence-corrected chi connectivity index (χ2v) is 7.20. The molecule has 2 N–H and O–H groups in total. The van der Waals surface area contributed by atoms with Crippen molar-refractivity contribution in [3.05, 3.63) is 95.6 Å². The number of ketones is 1. The van der Waals surface area contributed by atoms with Gasteiger partial charge in [0.2, 0.25) is 5.88 Å². The highest BCUT2D eigenvalue weighted by molar-refractivity contribution is 6.15. The van der Waals surface area contributed by atoms with Crippen molar-refractivity contribution in [2.45, 2.75) is 6.18 Å². The molecule has 0 aliphatic heterocycles. The molecule has 0 atom stereocenters. The van der Waals surface area contributed by atoms with Gasteiger partial charge in [0, 0.05) is 11.3 Å². The van der Waals surface area contributed by atoms with Gasteiger partial charge in [-0.1, -0.05) is 36.4 Å². The van der Waals surface area contributed by atoms with Crippen molar-refractivity contribution in [2.75, 3.05) is 7.11 Å². The Kier molecular flexibility index (Phi) is 5.59. The van der Waals surface area contributed by atoms with Crippen molar-refractivity contribution >= 4 is 5.78 Å². The summed E-state index contributed by atoms with van der Waals surface area (Å²) in [7, 11) is 1.48. The van der Waals surface area contributed by atoms with Gasteiger partial charge in [-0.15, -0.1) is 0 Å². The van der Waals surface area contributed by atoms with Crippen LogP contribution in [0.2, 0.25) is 0 Å². The topological polar surface area (TPSA) is 71.7 Å². The van der Waals surface area contributed by atoms with Crippen molar-refractivity contribution in [3.63, 3.8) is 0 Å². The molecule has 33 heavy (non-hydrogen) atoms. The third kappa shape index (κ3) is 4.03. The predicted molar refractivity (Wildman–Crippen MR) is 116 cm³/mol. The van der Waals surface area contributed by atoms with Crippen molar-refractivity contribution in [2.24, 2.45) is 0 Å². The molecule has 0 bridgehead atoms. The van der Waals surface area contributed by atoms with Crippen LogP contribution < -0.4 is 4.74 Å². The van der Waals surface area contributed by atoms with E-state index in [1.807, 2.05) is 0 Å². The van der Waals surface area contributed by atoms with Crippen LogP contribution in [0.25, 0.3) is 16.9 Å². The molecule has 0 aliphatic rings. The highest BCUT2D eigenvalue weighted by Gasteiger charge is 2.33. The molecule has 0 unspecified atom stereocenters. The van der Waals surface area contributed by atoms with Crippen LogP contribution in [0, 0.1) is 0 Å². The molecular formula is C25H18F3NO4. The molecule has 4 rings (SSSR count). The Morgan fingerprint density at radius 1 is 0.909 bits per heavy atom. The number of halogens is 3. The molecule has 168 valence electrons. The Morgan fingerprint density at radius 3 is 2.18 bits per heavy atom. The van der Waals surface area contributed by atoms with E-state index < -0.39 is 29.2 Å². The highest BCUT2D eigenvalue weighted by atomic mass is 19.4. The summed E-state index contributed by atoms with van der Waals surface area (Å²) >= 11 is 0. The predicted octanol–water partition coefficient (Wildman–Crippen LogP) is 5.81. The van der Waals surface area contributed by atoms with E-state index in [0.717, 1.165) is 16.7 Å². The van der Waals surface area contributed by atoms with E-state index in [9.17, 15) is 28.2 Å². The van der Waals surface area contributed by atoms with Crippen LogP contribution >= 0.6 is 0 Å². The van der Waals surface area contributed by atoms with E-state index >= 15 is 0 Å². The zero-order valence-corrected chi connectivity index (χ0v) is 17.3. The number of carbonyl (C=O) groups excluding carboxylic acids is 1. The van der Waals surface area contributed by atoms with Gasteiger partial charge in [-0.2, -0.15) is 13.2 Å². The van der Waals surface area contributed by atoms with Gasteiger partial charge in [-0.3, -0.25) is 9.36 Å². The van der Waals surface area contributed by atoms with Crippen LogP contribution in [0.3, 0.4) is 0 Å². The van der Waals surface area contributed by atoms with Crippen LogP contribution in [0.5, 0.6) is 17.4 Å². The summed E-state index contributed by atoms with van der Waals surface area (Å²) in [6.07, 6.45) is -4.62. The van der Waals surface area contributed by atoms with Crippen molar-refractivity contribution in [1.82, 2.24) is 4.57 Å². The number of hydrogen-bond acceptors (Lipinski definition) is 4. The lowest BCUT2D eigenvalue weighted by atomic mass is 9.99. The van der Waals surface area contributed by atoms with E-state index in [1.165, 1.54) is 31.4 Å². The Balaban J connectivity index is 1.98. The fourth-order valence-electron chi connectivity index (χ4n) is 3.59. The Morgan fingerprint density at radius 2 is 1.58 bits per heavy atom. The zero-order valence-electron chi connectivity index (χ0n) is 17.3. The number of alkyl halides is 3. The molecule has 1 heterocycles. The van der Waals surface area contributed by atoms with Gasteiger partial charge in [-0.25, -0.2) is 0 Å². The molecule has 0 amide bonds. The SMILES string of the molecule is COc1ccc(C(=O)c2c(O)c(O)n(-c3cccc(C(F)(F)F)c3)c2-c2ccccc2)cc1. The number of nitrogens with zero attached hydrogens (tertiary/aromatic N) is 1. The maximum absolute atomic E-state index is 13.4. The van der Waals surface area contributed by atoms with Gasteiger partial charge < -0.3 is 14.9 Å². The largest absolute Gasteiger partial charge is 0.503 e. The number of ether oxygens (including phenoxy) is 1. The molecule has 0 fully saturated rings. The molecule has 3 aromatic carbocycles. The van der Waals surface area contributed by atoms with Crippen molar-refractivity contribution in [1.29, 1.82) is 0 Å². The standard InChI is InChI=1S/C25H18F3NO4/c1-33-19-12-10-16(11-13-19)22(30)20-21(15-6-3-2-4-7-15)29(24(32)23(20)31)18-9-5-8-17(14-18)25(26,27)28/h2-14,31-32H,1H3. The number of methoxy groups -OCH3 is 1. The Bertz CT molecular complexity index is 1310. The summed E-state index contributed by atoms with van der Waals surface area (Å²) in [5.41, 5.74) is -0.557. The minimum absolute atomic E-state index is 0.0609. The van der Waals surface area contributed by atoms with E-state index in [0.29, 0.717) is 11.3 Å². The van der Waals surface area contributed by atoms with Crippen LogP contribution in [0.1, 0.15) is 21.5 Å². The molecule has 0 saturated heterocycles. The van der Waals surface area contributed by atoms with Gasteiger partial charge in [0.25, 0.3) is 0 Å². The first-order valence-electron chi connectivity index (χ1n) is 9.80. The molecule has 0 radical (unpaired) electrons. The van der Waals surface area contributed by atoms with E-state index in [2.05, 4.69) is 0 Å². The van der Waals surface area contributed by atoms with Gasteiger partial charge in [-0.05, 0) is 48.0 Å². The number of hydrogen-bond donors (Lipinski definition) is 2. The van der Waals surface area contributed by atoms with E-state index in [1.54, 1.807) is 42.5 Å².